The summed E-state index contributed by atoms with van der Waals surface area (Å²) in [5, 5.41) is 12.6. The van der Waals surface area contributed by atoms with Crippen LogP contribution in [0.2, 0.25) is 0 Å². The molecule has 9 heteroatoms. The Bertz CT molecular complexity index is 1080. The zero-order chi connectivity index (χ0) is 18.5. The average Bonchev–Trinajstić information content (AvgIpc) is 3.12. The number of hydrogen-bond donors (Lipinski definition) is 0. The third-order valence-electron chi connectivity index (χ3n) is 4.49. The zero-order valence-electron chi connectivity index (χ0n) is 14.7. The van der Waals surface area contributed by atoms with Crippen molar-refractivity contribution in [3.05, 3.63) is 41.9 Å². The molecule has 0 fully saturated rings. The first-order valence-electron chi connectivity index (χ1n) is 8.23. The molecule has 4 rings (SSSR count). The van der Waals surface area contributed by atoms with E-state index in [0.717, 1.165) is 39.9 Å². The highest BCUT2D eigenvalue weighted by molar-refractivity contribution is 7.86. The molecule has 0 spiro atoms. The minimum Gasteiger partial charge on any atom is -0.275 e. The van der Waals surface area contributed by atoms with Crippen LogP contribution in [0.1, 0.15) is 23.8 Å². The van der Waals surface area contributed by atoms with Crippen LogP contribution >= 0.6 is 0 Å². The molecule has 1 atom stereocenters. The number of hydrogen-bond acceptors (Lipinski definition) is 6. The minimum absolute atomic E-state index is 0.492. The van der Waals surface area contributed by atoms with Crippen molar-refractivity contribution in [2.24, 2.45) is 7.05 Å². The number of rotatable bonds is 3. The molecular formula is C17H19N5O3S. The SMILES string of the molecule is Cc1nnn2c1-c1ccc(-c3cnn(C)c3)cc1C(OS(C)(=O)=O)CC2. The van der Waals surface area contributed by atoms with E-state index < -0.39 is 16.2 Å². The second-order valence-corrected chi connectivity index (χ2v) is 8.13. The molecule has 0 radical (unpaired) electrons. The van der Waals surface area contributed by atoms with E-state index in [-0.39, 0.29) is 0 Å². The summed E-state index contributed by atoms with van der Waals surface area (Å²) in [6.07, 6.45) is 4.70. The Morgan fingerprint density at radius 1 is 1.27 bits per heavy atom. The summed E-state index contributed by atoms with van der Waals surface area (Å²) in [6, 6.07) is 5.95. The monoisotopic (exact) mass is 373 g/mol. The molecule has 1 aliphatic rings. The summed E-state index contributed by atoms with van der Waals surface area (Å²) in [5.74, 6) is 0. The van der Waals surface area contributed by atoms with E-state index in [1.54, 1.807) is 10.9 Å². The van der Waals surface area contributed by atoms with Crippen LogP contribution < -0.4 is 0 Å². The van der Waals surface area contributed by atoms with E-state index in [1.807, 2.05) is 43.0 Å². The lowest BCUT2D eigenvalue weighted by Crippen LogP contribution is -2.12. The fourth-order valence-electron chi connectivity index (χ4n) is 3.39. The van der Waals surface area contributed by atoms with Gasteiger partial charge in [-0.3, -0.25) is 8.86 Å². The fraction of sp³-hybridized carbons (Fsp3) is 0.353. The predicted octanol–water partition coefficient (Wildman–Crippen LogP) is 2.08. The van der Waals surface area contributed by atoms with Gasteiger partial charge in [0.2, 0.25) is 0 Å². The van der Waals surface area contributed by atoms with Crippen LogP contribution in [0.4, 0.5) is 0 Å². The summed E-state index contributed by atoms with van der Waals surface area (Å²) in [6.45, 7) is 2.43. The molecule has 0 N–H and O–H groups in total. The van der Waals surface area contributed by atoms with Crippen molar-refractivity contribution >= 4 is 10.1 Å². The van der Waals surface area contributed by atoms with Gasteiger partial charge in [0, 0.05) is 30.9 Å². The molecule has 8 nitrogen and oxygen atoms in total. The van der Waals surface area contributed by atoms with Gasteiger partial charge in [-0.25, -0.2) is 4.68 Å². The standard InChI is InChI=1S/C17H19N5O3S/c1-11-17-14-5-4-12(13-9-18-21(2)10-13)8-15(14)16(25-26(3,23)24)6-7-22(17)20-19-11/h4-5,8-10,16H,6-7H2,1-3H3. The maximum atomic E-state index is 11.8. The molecule has 3 heterocycles. The molecule has 136 valence electrons. The van der Waals surface area contributed by atoms with Crippen molar-refractivity contribution in [2.75, 3.05) is 6.26 Å². The highest BCUT2D eigenvalue weighted by atomic mass is 32.2. The highest BCUT2D eigenvalue weighted by Gasteiger charge is 2.28. The number of benzene rings is 1. The first-order chi connectivity index (χ1) is 12.3. The number of aromatic nitrogens is 5. The molecule has 0 bridgehead atoms. The molecule has 1 aromatic carbocycles. The van der Waals surface area contributed by atoms with Gasteiger partial charge in [0.15, 0.2) is 0 Å². The van der Waals surface area contributed by atoms with Crippen LogP contribution in [0.25, 0.3) is 22.4 Å². The topological polar surface area (TPSA) is 91.9 Å². The van der Waals surface area contributed by atoms with Gasteiger partial charge in [0.05, 0.1) is 23.8 Å². The van der Waals surface area contributed by atoms with E-state index in [2.05, 4.69) is 15.4 Å². The van der Waals surface area contributed by atoms with Gasteiger partial charge in [-0.05, 0) is 30.5 Å². The second kappa shape index (κ2) is 6.03. The molecule has 0 saturated heterocycles. The van der Waals surface area contributed by atoms with Gasteiger partial charge < -0.3 is 0 Å². The number of aryl methyl sites for hydroxylation is 3. The normalized spacial score (nSPS) is 16.8. The van der Waals surface area contributed by atoms with Gasteiger partial charge in [-0.1, -0.05) is 17.3 Å². The van der Waals surface area contributed by atoms with Crippen molar-refractivity contribution in [3.63, 3.8) is 0 Å². The van der Waals surface area contributed by atoms with Gasteiger partial charge in [0.25, 0.3) is 10.1 Å². The van der Waals surface area contributed by atoms with Crippen molar-refractivity contribution in [1.82, 2.24) is 24.8 Å². The molecule has 0 amide bonds. The third-order valence-corrected chi connectivity index (χ3v) is 5.07. The lowest BCUT2D eigenvalue weighted by molar-refractivity contribution is 0.198. The van der Waals surface area contributed by atoms with E-state index in [9.17, 15) is 8.42 Å². The maximum Gasteiger partial charge on any atom is 0.264 e. The summed E-state index contributed by atoms with van der Waals surface area (Å²) in [4.78, 5) is 0. The van der Waals surface area contributed by atoms with Crippen LogP contribution in [-0.2, 0) is 27.9 Å². The van der Waals surface area contributed by atoms with Gasteiger partial charge in [-0.15, -0.1) is 5.10 Å². The fourth-order valence-corrected chi connectivity index (χ4v) is 4.01. The quantitative estimate of drug-likeness (QED) is 0.653. The maximum absolute atomic E-state index is 11.8. The largest absolute Gasteiger partial charge is 0.275 e. The molecule has 0 saturated carbocycles. The summed E-state index contributed by atoms with van der Waals surface area (Å²) in [7, 11) is -1.74. The van der Waals surface area contributed by atoms with E-state index >= 15 is 0 Å². The van der Waals surface area contributed by atoms with E-state index in [4.69, 9.17) is 4.18 Å². The van der Waals surface area contributed by atoms with Crippen LogP contribution in [0.5, 0.6) is 0 Å². The Balaban J connectivity index is 1.90. The Morgan fingerprint density at radius 3 is 2.77 bits per heavy atom. The molecule has 1 unspecified atom stereocenters. The lowest BCUT2D eigenvalue weighted by atomic mass is 9.94. The molecular weight excluding hydrogens is 354 g/mol. The van der Waals surface area contributed by atoms with E-state index in [0.29, 0.717) is 13.0 Å². The Hall–Kier alpha value is -2.52. The molecule has 2 aromatic heterocycles. The summed E-state index contributed by atoms with van der Waals surface area (Å²) in [5.41, 5.74) is 5.34. The predicted molar refractivity (Wildman–Crippen MR) is 95.7 cm³/mol. The lowest BCUT2D eigenvalue weighted by Gasteiger charge is -2.17. The molecule has 0 aliphatic carbocycles. The van der Waals surface area contributed by atoms with Crippen molar-refractivity contribution in [3.8, 4) is 22.4 Å². The van der Waals surface area contributed by atoms with Crippen LogP contribution in [0.3, 0.4) is 0 Å². The Labute approximate surface area is 151 Å². The van der Waals surface area contributed by atoms with E-state index in [1.165, 1.54) is 0 Å². The molecule has 1 aliphatic heterocycles. The highest BCUT2D eigenvalue weighted by Crippen LogP contribution is 2.39. The van der Waals surface area contributed by atoms with Gasteiger partial charge in [-0.2, -0.15) is 13.5 Å². The van der Waals surface area contributed by atoms with Crippen molar-refractivity contribution in [1.29, 1.82) is 0 Å². The Kier molecular flexibility index (Phi) is 3.92. The van der Waals surface area contributed by atoms with Crippen molar-refractivity contribution < 1.29 is 12.6 Å². The zero-order valence-corrected chi connectivity index (χ0v) is 15.6. The second-order valence-electron chi connectivity index (χ2n) is 6.53. The first kappa shape index (κ1) is 16.9. The van der Waals surface area contributed by atoms with Crippen LogP contribution in [0, 0.1) is 6.92 Å². The van der Waals surface area contributed by atoms with Crippen LogP contribution in [0.15, 0.2) is 30.6 Å². The average molecular weight is 373 g/mol. The van der Waals surface area contributed by atoms with Crippen LogP contribution in [-0.4, -0.2) is 39.4 Å². The molecule has 3 aromatic rings. The van der Waals surface area contributed by atoms with Gasteiger partial charge >= 0.3 is 0 Å². The smallest absolute Gasteiger partial charge is 0.264 e. The Morgan fingerprint density at radius 2 is 2.08 bits per heavy atom. The third kappa shape index (κ3) is 3.04. The minimum atomic E-state index is -3.60. The number of fused-ring (bicyclic) bond motifs is 3. The number of nitrogens with zero attached hydrogens (tertiary/aromatic N) is 5. The molecule has 26 heavy (non-hydrogen) atoms. The summed E-state index contributed by atoms with van der Waals surface area (Å²) >= 11 is 0. The summed E-state index contributed by atoms with van der Waals surface area (Å²) < 4.78 is 32.5. The first-order valence-corrected chi connectivity index (χ1v) is 10.0. The van der Waals surface area contributed by atoms with Crippen molar-refractivity contribution in [2.45, 2.75) is 26.0 Å². The van der Waals surface area contributed by atoms with Gasteiger partial charge in [0.1, 0.15) is 6.10 Å².